The fourth-order valence-electron chi connectivity index (χ4n) is 1.94. The van der Waals surface area contributed by atoms with Crippen LogP contribution < -0.4 is 5.32 Å². The average Bonchev–Trinajstić information content (AvgIpc) is 2.24. The molecule has 0 aromatic rings. The van der Waals surface area contributed by atoms with Gasteiger partial charge in [0.05, 0.1) is 6.10 Å². The largest absolute Gasteiger partial charge is 0.388 e. The monoisotopic (exact) mass is 247 g/mol. The first kappa shape index (κ1) is 14.4. The maximum atomic E-state index is 10.8. The summed E-state index contributed by atoms with van der Waals surface area (Å²) in [4.78, 5) is 10.8. The van der Waals surface area contributed by atoms with Crippen LogP contribution in [0, 0.1) is 5.92 Å². The molecule has 17 heavy (non-hydrogen) atoms. The lowest BCUT2D eigenvalue weighted by molar-refractivity contribution is -0.230. The molecule has 0 saturated carbocycles. The topological polar surface area (TPSA) is 99.0 Å². The van der Waals surface area contributed by atoms with Gasteiger partial charge >= 0.3 is 0 Å². The van der Waals surface area contributed by atoms with Gasteiger partial charge in [-0.3, -0.25) is 4.79 Å². The van der Waals surface area contributed by atoms with Gasteiger partial charge in [-0.15, -0.1) is 0 Å². The average molecular weight is 247 g/mol. The van der Waals surface area contributed by atoms with Crippen LogP contribution in [0.25, 0.3) is 0 Å². The van der Waals surface area contributed by atoms with E-state index in [-0.39, 0.29) is 18.4 Å². The third-order valence-electron chi connectivity index (χ3n) is 2.96. The first-order valence-corrected chi connectivity index (χ1v) is 5.78. The summed E-state index contributed by atoms with van der Waals surface area (Å²) >= 11 is 0. The molecule has 1 saturated heterocycles. The number of carbonyl (C=O) groups is 1. The van der Waals surface area contributed by atoms with E-state index in [2.05, 4.69) is 5.32 Å². The lowest BCUT2D eigenvalue weighted by atomic mass is 9.89. The van der Waals surface area contributed by atoms with Gasteiger partial charge in [-0.2, -0.15) is 0 Å². The van der Waals surface area contributed by atoms with Crippen molar-refractivity contribution in [3.8, 4) is 0 Å². The number of hydrogen-bond donors (Lipinski definition) is 4. The molecule has 6 heteroatoms. The summed E-state index contributed by atoms with van der Waals surface area (Å²) in [5, 5.41) is 31.7. The van der Waals surface area contributed by atoms with Crippen molar-refractivity contribution in [1.29, 1.82) is 0 Å². The summed E-state index contributed by atoms with van der Waals surface area (Å²) in [6.45, 7) is 5.19. The third kappa shape index (κ3) is 3.38. The summed E-state index contributed by atoms with van der Waals surface area (Å²) < 4.78 is 5.52. The highest BCUT2D eigenvalue weighted by Gasteiger charge is 2.44. The van der Waals surface area contributed by atoms with Crippen molar-refractivity contribution in [3.05, 3.63) is 0 Å². The molecule has 0 aromatic heterocycles. The number of amides is 1. The van der Waals surface area contributed by atoms with Crippen molar-refractivity contribution in [1.82, 2.24) is 5.32 Å². The van der Waals surface area contributed by atoms with Crippen LogP contribution in [0.1, 0.15) is 20.8 Å². The van der Waals surface area contributed by atoms with Gasteiger partial charge in [0.1, 0.15) is 24.4 Å². The molecule has 0 aromatic carbocycles. The van der Waals surface area contributed by atoms with E-state index < -0.39 is 30.5 Å². The van der Waals surface area contributed by atoms with Gasteiger partial charge in [-0.05, 0) is 5.92 Å². The van der Waals surface area contributed by atoms with Gasteiger partial charge in [0.2, 0.25) is 5.91 Å². The first-order chi connectivity index (χ1) is 7.84. The molecular formula is C11H21NO5. The zero-order chi connectivity index (χ0) is 13.2. The molecule has 1 aliphatic rings. The molecule has 2 unspecified atom stereocenters. The molecule has 1 fully saturated rings. The Morgan fingerprint density at radius 2 is 1.82 bits per heavy atom. The summed E-state index contributed by atoms with van der Waals surface area (Å²) in [7, 11) is 0. The molecule has 4 N–H and O–H groups in total. The molecule has 6 nitrogen and oxygen atoms in total. The SMILES string of the molecule is CC(=O)NCC1O[C@@H](C(C)C)C(O)[C@@H](O)[C@@H]1O. The fourth-order valence-corrected chi connectivity index (χ4v) is 1.94. The molecule has 5 atom stereocenters. The van der Waals surface area contributed by atoms with E-state index in [9.17, 15) is 20.1 Å². The Labute approximate surface area is 101 Å². The highest BCUT2D eigenvalue weighted by molar-refractivity contribution is 5.72. The highest BCUT2D eigenvalue weighted by Crippen LogP contribution is 2.25. The molecule has 1 rings (SSSR count). The van der Waals surface area contributed by atoms with Crippen LogP contribution in [0.3, 0.4) is 0 Å². The Morgan fingerprint density at radius 1 is 1.24 bits per heavy atom. The van der Waals surface area contributed by atoms with Crippen molar-refractivity contribution < 1.29 is 24.9 Å². The second-order valence-corrected chi connectivity index (χ2v) is 4.79. The predicted octanol–water partition coefficient (Wildman–Crippen LogP) is -1.37. The van der Waals surface area contributed by atoms with Crippen molar-refractivity contribution >= 4 is 5.91 Å². The minimum atomic E-state index is -1.25. The van der Waals surface area contributed by atoms with E-state index in [0.717, 1.165) is 0 Å². The van der Waals surface area contributed by atoms with E-state index in [1.165, 1.54) is 6.92 Å². The lowest BCUT2D eigenvalue weighted by Crippen LogP contribution is -2.61. The van der Waals surface area contributed by atoms with Gasteiger partial charge < -0.3 is 25.4 Å². The van der Waals surface area contributed by atoms with Crippen LogP contribution in [0.15, 0.2) is 0 Å². The van der Waals surface area contributed by atoms with Gasteiger partial charge in [0, 0.05) is 13.5 Å². The summed E-state index contributed by atoms with van der Waals surface area (Å²) in [5.41, 5.74) is 0. The smallest absolute Gasteiger partial charge is 0.216 e. The van der Waals surface area contributed by atoms with Crippen LogP contribution in [0.4, 0.5) is 0 Å². The van der Waals surface area contributed by atoms with Gasteiger partial charge in [-0.25, -0.2) is 0 Å². The molecule has 1 heterocycles. The van der Waals surface area contributed by atoms with Crippen molar-refractivity contribution in [3.63, 3.8) is 0 Å². The van der Waals surface area contributed by atoms with Crippen molar-refractivity contribution in [2.75, 3.05) is 6.54 Å². The van der Waals surface area contributed by atoms with Crippen molar-refractivity contribution in [2.24, 2.45) is 5.92 Å². The quantitative estimate of drug-likeness (QED) is 0.493. The number of nitrogens with one attached hydrogen (secondary N) is 1. The standard InChI is InChI=1S/C11H21NO5/c1-5(2)11-10(16)9(15)8(14)7(17-11)4-12-6(3)13/h5,7-11,14-16H,4H2,1-3H3,(H,12,13)/t7?,8-,9+,10?,11+/m1/s1. The maximum absolute atomic E-state index is 10.8. The van der Waals surface area contributed by atoms with E-state index >= 15 is 0 Å². The molecular weight excluding hydrogens is 226 g/mol. The number of carbonyl (C=O) groups excluding carboxylic acids is 1. The van der Waals surface area contributed by atoms with Crippen LogP contribution in [0.5, 0.6) is 0 Å². The Morgan fingerprint density at radius 3 is 2.29 bits per heavy atom. The third-order valence-corrected chi connectivity index (χ3v) is 2.96. The highest BCUT2D eigenvalue weighted by atomic mass is 16.5. The fraction of sp³-hybridized carbons (Fsp3) is 0.909. The summed E-state index contributed by atoms with van der Waals surface area (Å²) in [6.07, 6.45) is -4.82. The van der Waals surface area contributed by atoms with Gasteiger partial charge in [-0.1, -0.05) is 13.8 Å². The van der Waals surface area contributed by atoms with E-state index in [0.29, 0.717) is 0 Å². The molecule has 100 valence electrons. The molecule has 1 amide bonds. The van der Waals surface area contributed by atoms with Gasteiger partial charge in [0.25, 0.3) is 0 Å². The number of rotatable bonds is 3. The summed E-state index contributed by atoms with van der Waals surface area (Å²) in [6, 6.07) is 0. The molecule has 0 spiro atoms. The molecule has 0 bridgehead atoms. The van der Waals surface area contributed by atoms with Crippen LogP contribution >= 0.6 is 0 Å². The number of hydrogen-bond acceptors (Lipinski definition) is 5. The number of aliphatic hydroxyl groups is 3. The van der Waals surface area contributed by atoms with E-state index in [4.69, 9.17) is 4.74 Å². The van der Waals surface area contributed by atoms with E-state index in [1.807, 2.05) is 13.8 Å². The Bertz CT molecular complexity index is 271. The molecule has 1 aliphatic heterocycles. The molecule has 0 aliphatic carbocycles. The Hall–Kier alpha value is -0.690. The number of ether oxygens (including phenoxy) is 1. The normalized spacial score (nSPS) is 38.2. The second-order valence-electron chi connectivity index (χ2n) is 4.79. The van der Waals surface area contributed by atoms with Gasteiger partial charge in [0.15, 0.2) is 0 Å². The second kappa shape index (κ2) is 5.77. The van der Waals surface area contributed by atoms with E-state index in [1.54, 1.807) is 0 Å². The Kier molecular flexibility index (Phi) is 4.88. The Balaban J connectivity index is 2.67. The number of aliphatic hydroxyl groups excluding tert-OH is 3. The lowest BCUT2D eigenvalue weighted by Gasteiger charge is -2.42. The molecule has 0 radical (unpaired) electrons. The zero-order valence-corrected chi connectivity index (χ0v) is 10.3. The first-order valence-electron chi connectivity index (χ1n) is 5.78. The maximum Gasteiger partial charge on any atom is 0.216 e. The zero-order valence-electron chi connectivity index (χ0n) is 10.3. The minimum Gasteiger partial charge on any atom is -0.388 e. The van der Waals surface area contributed by atoms with Crippen LogP contribution in [-0.4, -0.2) is 58.3 Å². The predicted molar refractivity (Wildman–Crippen MR) is 60.2 cm³/mol. The minimum absolute atomic E-state index is 0.00646. The summed E-state index contributed by atoms with van der Waals surface area (Å²) in [5.74, 6) is -0.227. The van der Waals surface area contributed by atoms with Crippen LogP contribution in [0.2, 0.25) is 0 Å². The van der Waals surface area contributed by atoms with Crippen molar-refractivity contribution in [2.45, 2.75) is 51.3 Å². The van der Waals surface area contributed by atoms with Crippen LogP contribution in [-0.2, 0) is 9.53 Å².